The predicted octanol–water partition coefficient (Wildman–Crippen LogP) is 5.15. The van der Waals surface area contributed by atoms with Crippen LogP contribution < -0.4 is 4.74 Å². The first-order valence-corrected chi connectivity index (χ1v) is 9.38. The van der Waals surface area contributed by atoms with E-state index in [0.29, 0.717) is 18.0 Å². The highest BCUT2D eigenvalue weighted by atomic mass is 16.5. The van der Waals surface area contributed by atoms with E-state index in [-0.39, 0.29) is 5.97 Å². The molecule has 0 atom stereocenters. The van der Waals surface area contributed by atoms with Crippen molar-refractivity contribution in [3.8, 4) is 28.4 Å². The first-order valence-electron chi connectivity index (χ1n) is 9.38. The van der Waals surface area contributed by atoms with Crippen LogP contribution in [-0.4, -0.2) is 29.7 Å². The van der Waals surface area contributed by atoms with Gasteiger partial charge >= 0.3 is 5.97 Å². The van der Waals surface area contributed by atoms with E-state index in [9.17, 15) is 4.79 Å². The quantitative estimate of drug-likeness (QED) is 0.445. The lowest BCUT2D eigenvalue weighted by atomic mass is 10.0. The average molecular weight is 384 g/mol. The summed E-state index contributed by atoms with van der Waals surface area (Å²) in [6.45, 7) is 2.13. The number of aromatic nitrogens is 2. The topological polar surface area (TPSA) is 61.3 Å². The number of methoxy groups -OCH3 is 1. The fraction of sp³-hybridized carbons (Fsp3) is 0.125. The van der Waals surface area contributed by atoms with Crippen LogP contribution in [0.4, 0.5) is 0 Å². The molecule has 4 rings (SSSR count). The molecule has 144 valence electrons. The van der Waals surface area contributed by atoms with Crippen molar-refractivity contribution in [1.29, 1.82) is 0 Å². The molecule has 0 N–H and O–H groups in total. The summed E-state index contributed by atoms with van der Waals surface area (Å²) >= 11 is 0. The summed E-state index contributed by atoms with van der Waals surface area (Å²) in [5.74, 6) is 1.05. The Labute approximate surface area is 169 Å². The van der Waals surface area contributed by atoms with Crippen LogP contribution in [0.5, 0.6) is 5.75 Å². The SMILES string of the molecule is CCOC(=O)c1ccc(-c2nc(-c3ccccc3)nc3ccc(OC)cc23)cc1. The molecule has 0 unspecified atom stereocenters. The highest BCUT2D eigenvalue weighted by molar-refractivity contribution is 5.95. The standard InChI is InChI=1S/C24H20N2O3/c1-3-29-24(27)18-11-9-16(10-12-18)22-20-15-19(28-2)13-14-21(20)25-23(26-22)17-7-5-4-6-8-17/h4-15H,3H2,1-2H3. The summed E-state index contributed by atoms with van der Waals surface area (Å²) in [6, 6.07) is 22.9. The molecule has 0 spiro atoms. The third-order valence-corrected chi connectivity index (χ3v) is 4.60. The number of hydrogen-bond acceptors (Lipinski definition) is 5. The van der Waals surface area contributed by atoms with Crippen LogP contribution in [0, 0.1) is 0 Å². The maximum Gasteiger partial charge on any atom is 0.338 e. The fourth-order valence-corrected chi connectivity index (χ4v) is 3.15. The Morgan fingerprint density at radius 2 is 1.66 bits per heavy atom. The second-order valence-electron chi connectivity index (χ2n) is 6.44. The van der Waals surface area contributed by atoms with E-state index in [4.69, 9.17) is 19.4 Å². The molecule has 4 aromatic rings. The van der Waals surface area contributed by atoms with Crippen molar-refractivity contribution in [2.24, 2.45) is 0 Å². The second kappa shape index (κ2) is 8.10. The normalized spacial score (nSPS) is 10.7. The van der Waals surface area contributed by atoms with E-state index in [1.165, 1.54) is 0 Å². The maximum atomic E-state index is 12.0. The van der Waals surface area contributed by atoms with Gasteiger partial charge in [0.05, 0.1) is 30.5 Å². The van der Waals surface area contributed by atoms with Crippen molar-refractivity contribution in [2.45, 2.75) is 6.92 Å². The van der Waals surface area contributed by atoms with Crippen molar-refractivity contribution in [3.05, 3.63) is 78.4 Å². The van der Waals surface area contributed by atoms with Crippen molar-refractivity contribution < 1.29 is 14.3 Å². The number of esters is 1. The van der Waals surface area contributed by atoms with Crippen molar-refractivity contribution in [3.63, 3.8) is 0 Å². The average Bonchev–Trinajstić information content (AvgIpc) is 2.79. The van der Waals surface area contributed by atoms with Gasteiger partial charge < -0.3 is 9.47 Å². The Morgan fingerprint density at radius 1 is 0.897 bits per heavy atom. The third kappa shape index (κ3) is 3.80. The lowest BCUT2D eigenvalue weighted by Gasteiger charge is -2.11. The van der Waals surface area contributed by atoms with E-state index in [1.54, 1.807) is 26.2 Å². The van der Waals surface area contributed by atoms with Gasteiger partial charge in [-0.05, 0) is 37.3 Å². The van der Waals surface area contributed by atoms with E-state index >= 15 is 0 Å². The molecule has 0 amide bonds. The molecule has 0 aliphatic carbocycles. The molecular formula is C24H20N2O3. The molecule has 1 heterocycles. The number of ether oxygens (including phenoxy) is 2. The van der Waals surface area contributed by atoms with Gasteiger partial charge in [0.1, 0.15) is 5.75 Å². The second-order valence-corrected chi connectivity index (χ2v) is 6.44. The van der Waals surface area contributed by atoms with Crippen LogP contribution >= 0.6 is 0 Å². The lowest BCUT2D eigenvalue weighted by molar-refractivity contribution is 0.0526. The zero-order chi connectivity index (χ0) is 20.2. The van der Waals surface area contributed by atoms with Gasteiger partial charge in [-0.3, -0.25) is 0 Å². The fourth-order valence-electron chi connectivity index (χ4n) is 3.15. The van der Waals surface area contributed by atoms with Gasteiger partial charge in [0.15, 0.2) is 5.82 Å². The summed E-state index contributed by atoms with van der Waals surface area (Å²) in [5.41, 5.74) is 3.94. The number of fused-ring (bicyclic) bond motifs is 1. The van der Waals surface area contributed by atoms with Crippen LogP contribution in [0.25, 0.3) is 33.5 Å². The zero-order valence-electron chi connectivity index (χ0n) is 16.3. The molecule has 3 aromatic carbocycles. The minimum atomic E-state index is -0.335. The molecule has 0 saturated carbocycles. The van der Waals surface area contributed by atoms with E-state index in [2.05, 4.69) is 0 Å². The van der Waals surface area contributed by atoms with Gasteiger partial charge in [0.25, 0.3) is 0 Å². The molecule has 0 fully saturated rings. The van der Waals surface area contributed by atoms with Crippen molar-refractivity contribution >= 4 is 16.9 Å². The Bertz CT molecular complexity index is 1160. The highest BCUT2D eigenvalue weighted by Crippen LogP contribution is 2.31. The molecule has 0 radical (unpaired) electrons. The van der Waals surface area contributed by atoms with Gasteiger partial charge in [-0.2, -0.15) is 0 Å². The summed E-state index contributed by atoms with van der Waals surface area (Å²) < 4.78 is 10.5. The van der Waals surface area contributed by atoms with Crippen molar-refractivity contribution in [1.82, 2.24) is 9.97 Å². The van der Waals surface area contributed by atoms with E-state index < -0.39 is 0 Å². The number of carbonyl (C=O) groups is 1. The summed E-state index contributed by atoms with van der Waals surface area (Å²) in [7, 11) is 1.63. The zero-order valence-corrected chi connectivity index (χ0v) is 16.3. The molecule has 29 heavy (non-hydrogen) atoms. The minimum Gasteiger partial charge on any atom is -0.497 e. The smallest absolute Gasteiger partial charge is 0.338 e. The van der Waals surface area contributed by atoms with E-state index in [1.807, 2.05) is 60.7 Å². The van der Waals surface area contributed by atoms with Crippen LogP contribution in [0.15, 0.2) is 72.8 Å². The number of benzene rings is 3. The first-order chi connectivity index (χ1) is 14.2. The molecule has 0 aliphatic heterocycles. The Hall–Kier alpha value is -3.73. The predicted molar refractivity (Wildman–Crippen MR) is 113 cm³/mol. The largest absolute Gasteiger partial charge is 0.497 e. The Kier molecular flexibility index (Phi) is 5.20. The Balaban J connectivity index is 1.88. The summed E-state index contributed by atoms with van der Waals surface area (Å²) in [5, 5.41) is 0.882. The van der Waals surface area contributed by atoms with E-state index in [0.717, 1.165) is 33.5 Å². The number of nitrogens with zero attached hydrogens (tertiary/aromatic N) is 2. The maximum absolute atomic E-state index is 12.0. The van der Waals surface area contributed by atoms with Crippen LogP contribution in [0.2, 0.25) is 0 Å². The molecule has 5 nitrogen and oxygen atoms in total. The van der Waals surface area contributed by atoms with Gasteiger partial charge in [-0.25, -0.2) is 14.8 Å². The number of hydrogen-bond donors (Lipinski definition) is 0. The molecular weight excluding hydrogens is 364 g/mol. The van der Waals surface area contributed by atoms with Gasteiger partial charge in [-0.15, -0.1) is 0 Å². The van der Waals surface area contributed by atoms with Crippen LogP contribution in [-0.2, 0) is 4.74 Å². The monoisotopic (exact) mass is 384 g/mol. The molecule has 1 aromatic heterocycles. The molecule has 0 aliphatic rings. The lowest BCUT2D eigenvalue weighted by Crippen LogP contribution is -2.04. The Morgan fingerprint density at radius 3 is 2.34 bits per heavy atom. The summed E-state index contributed by atoms with van der Waals surface area (Å²) in [4.78, 5) is 21.5. The van der Waals surface area contributed by atoms with Crippen LogP contribution in [0.3, 0.4) is 0 Å². The van der Waals surface area contributed by atoms with Crippen LogP contribution in [0.1, 0.15) is 17.3 Å². The molecule has 0 saturated heterocycles. The van der Waals surface area contributed by atoms with Gasteiger partial charge in [0.2, 0.25) is 0 Å². The van der Waals surface area contributed by atoms with Gasteiger partial charge in [0, 0.05) is 16.5 Å². The highest BCUT2D eigenvalue weighted by Gasteiger charge is 2.13. The molecule has 5 heteroatoms. The number of carbonyl (C=O) groups excluding carboxylic acids is 1. The van der Waals surface area contributed by atoms with Crippen molar-refractivity contribution in [2.75, 3.05) is 13.7 Å². The first kappa shape index (κ1) is 18.6. The molecule has 0 bridgehead atoms. The minimum absolute atomic E-state index is 0.335. The third-order valence-electron chi connectivity index (χ3n) is 4.60. The number of rotatable bonds is 5. The summed E-state index contributed by atoms with van der Waals surface area (Å²) in [6.07, 6.45) is 0. The van der Waals surface area contributed by atoms with Gasteiger partial charge in [-0.1, -0.05) is 42.5 Å².